The molecule has 4 amide bonds. The summed E-state index contributed by atoms with van der Waals surface area (Å²) in [5.41, 5.74) is 0.383. The number of rotatable bonds is 3. The van der Waals surface area contributed by atoms with Crippen LogP contribution in [0.3, 0.4) is 0 Å². The molecule has 5 nitrogen and oxygen atoms in total. The molecule has 1 fully saturated rings. The number of hydrogen-bond donors (Lipinski definition) is 0. The molecule has 106 valence electrons. The predicted molar refractivity (Wildman–Crippen MR) is 81.7 cm³/mol. The Morgan fingerprint density at radius 2 is 1.55 bits per heavy atom. The average Bonchev–Trinajstić information content (AvgIpc) is 2.61. The lowest BCUT2D eigenvalue weighted by Crippen LogP contribution is -2.43. The normalized spacial score (nSPS) is 18.7. The van der Waals surface area contributed by atoms with Crippen molar-refractivity contribution in [2.75, 3.05) is 4.90 Å². The summed E-state index contributed by atoms with van der Waals surface area (Å²) in [6, 6.07) is 5.62. The fourth-order valence-corrected chi connectivity index (χ4v) is 2.36. The lowest BCUT2D eigenvalue weighted by Gasteiger charge is -2.23. The SMILES string of the molecule is CC(Br)[C@H](C)N1C(=O)C(=O)N(c2ccc(Br)cc2)C1=O. The van der Waals surface area contributed by atoms with Crippen LogP contribution in [-0.2, 0) is 9.59 Å². The number of nitrogens with zero attached hydrogens (tertiary/aromatic N) is 2. The van der Waals surface area contributed by atoms with Crippen molar-refractivity contribution >= 4 is 55.4 Å². The molecule has 2 rings (SSSR count). The molecule has 1 aromatic carbocycles. The molecular formula is C13H12Br2N2O3. The van der Waals surface area contributed by atoms with Crippen LogP contribution in [0.5, 0.6) is 0 Å². The molecule has 2 atom stereocenters. The summed E-state index contributed by atoms with van der Waals surface area (Å²) in [5, 5.41) is 0. The third kappa shape index (κ3) is 2.52. The summed E-state index contributed by atoms with van der Waals surface area (Å²) in [4.78, 5) is 38.1. The molecule has 1 unspecified atom stereocenters. The molecule has 0 aromatic heterocycles. The Hall–Kier alpha value is -1.21. The van der Waals surface area contributed by atoms with Gasteiger partial charge in [-0.1, -0.05) is 38.8 Å². The van der Waals surface area contributed by atoms with E-state index in [-0.39, 0.29) is 4.83 Å². The monoisotopic (exact) mass is 402 g/mol. The highest BCUT2D eigenvalue weighted by atomic mass is 79.9. The number of anilines is 1. The van der Waals surface area contributed by atoms with Gasteiger partial charge in [-0.25, -0.2) is 9.69 Å². The van der Waals surface area contributed by atoms with Gasteiger partial charge < -0.3 is 0 Å². The Morgan fingerprint density at radius 3 is 2.05 bits per heavy atom. The number of benzene rings is 1. The minimum atomic E-state index is -0.822. The number of imide groups is 2. The molecule has 0 radical (unpaired) electrons. The highest BCUT2D eigenvalue weighted by molar-refractivity contribution is 9.10. The minimum Gasteiger partial charge on any atom is -0.263 e. The Balaban J connectivity index is 2.37. The quantitative estimate of drug-likeness (QED) is 0.443. The third-order valence-corrected chi connectivity index (χ3v) is 4.45. The van der Waals surface area contributed by atoms with Crippen molar-refractivity contribution in [2.45, 2.75) is 24.7 Å². The fourth-order valence-electron chi connectivity index (χ4n) is 1.86. The molecule has 1 heterocycles. The fraction of sp³-hybridized carbons (Fsp3) is 0.308. The molecule has 7 heteroatoms. The summed E-state index contributed by atoms with van der Waals surface area (Å²) in [5.74, 6) is -1.62. The number of alkyl halides is 1. The van der Waals surface area contributed by atoms with E-state index in [0.717, 1.165) is 14.3 Å². The maximum Gasteiger partial charge on any atom is 0.339 e. The Kier molecular flexibility index (Phi) is 4.29. The van der Waals surface area contributed by atoms with Gasteiger partial charge in [-0.05, 0) is 31.2 Å². The van der Waals surface area contributed by atoms with Crippen LogP contribution in [0.4, 0.5) is 10.5 Å². The molecule has 1 aliphatic heterocycles. The van der Waals surface area contributed by atoms with Gasteiger partial charge in [0.2, 0.25) is 0 Å². The number of urea groups is 1. The highest BCUT2D eigenvalue weighted by Gasteiger charge is 2.48. The second-order valence-corrected chi connectivity index (χ2v) is 6.85. The first-order valence-corrected chi connectivity index (χ1v) is 7.66. The number of halogens is 2. The van der Waals surface area contributed by atoms with Crippen LogP contribution in [0.15, 0.2) is 28.7 Å². The first-order chi connectivity index (χ1) is 9.34. The van der Waals surface area contributed by atoms with E-state index in [4.69, 9.17) is 0 Å². The summed E-state index contributed by atoms with van der Waals surface area (Å²) < 4.78 is 0.825. The summed E-state index contributed by atoms with van der Waals surface area (Å²) in [7, 11) is 0. The molecule has 1 aliphatic rings. The zero-order chi connectivity index (χ0) is 15.0. The van der Waals surface area contributed by atoms with E-state index in [1.807, 2.05) is 6.92 Å². The van der Waals surface area contributed by atoms with Gasteiger partial charge in [-0.3, -0.25) is 14.5 Å². The molecule has 0 N–H and O–H groups in total. The van der Waals surface area contributed by atoms with Gasteiger partial charge in [0.05, 0.1) is 11.7 Å². The second-order valence-electron chi connectivity index (χ2n) is 4.49. The number of carbonyl (C=O) groups is 3. The number of carbonyl (C=O) groups excluding carboxylic acids is 3. The summed E-state index contributed by atoms with van der Waals surface area (Å²) in [6.45, 7) is 3.53. The van der Waals surface area contributed by atoms with Crippen molar-refractivity contribution in [3.05, 3.63) is 28.7 Å². The molecule has 20 heavy (non-hydrogen) atoms. The van der Waals surface area contributed by atoms with Gasteiger partial charge in [-0.15, -0.1) is 0 Å². The first-order valence-electron chi connectivity index (χ1n) is 5.96. The van der Waals surface area contributed by atoms with Gasteiger partial charge in [0.25, 0.3) is 0 Å². The Morgan fingerprint density at radius 1 is 1.00 bits per heavy atom. The summed E-state index contributed by atoms with van der Waals surface area (Å²) >= 11 is 6.61. The van der Waals surface area contributed by atoms with Gasteiger partial charge in [-0.2, -0.15) is 0 Å². The lowest BCUT2D eigenvalue weighted by atomic mass is 10.2. The van der Waals surface area contributed by atoms with Crippen LogP contribution < -0.4 is 4.90 Å². The summed E-state index contributed by atoms with van der Waals surface area (Å²) in [6.07, 6.45) is 0. The van der Waals surface area contributed by atoms with E-state index >= 15 is 0 Å². The van der Waals surface area contributed by atoms with Crippen LogP contribution in [0.1, 0.15) is 13.8 Å². The van der Waals surface area contributed by atoms with E-state index in [0.29, 0.717) is 5.69 Å². The Labute approximate surface area is 133 Å². The average molecular weight is 404 g/mol. The Bertz CT molecular complexity index is 571. The molecule has 1 saturated heterocycles. The molecule has 1 aromatic rings. The third-order valence-electron chi connectivity index (χ3n) is 3.16. The van der Waals surface area contributed by atoms with Crippen molar-refractivity contribution in [3.8, 4) is 0 Å². The molecule has 0 bridgehead atoms. The first kappa shape index (κ1) is 15.2. The van der Waals surface area contributed by atoms with Crippen molar-refractivity contribution in [2.24, 2.45) is 0 Å². The molecule has 0 saturated carbocycles. The van der Waals surface area contributed by atoms with E-state index in [2.05, 4.69) is 31.9 Å². The smallest absolute Gasteiger partial charge is 0.263 e. The standard InChI is InChI=1S/C13H12Br2N2O3/c1-7(14)8(2)16-11(18)12(19)17(13(16)20)10-5-3-9(15)4-6-10/h3-8H,1-2H3/t7?,8-/m0/s1. The van der Waals surface area contributed by atoms with Gasteiger partial charge in [0, 0.05) is 9.30 Å². The molecule has 0 spiro atoms. The van der Waals surface area contributed by atoms with Gasteiger partial charge >= 0.3 is 17.8 Å². The van der Waals surface area contributed by atoms with Crippen LogP contribution in [0.2, 0.25) is 0 Å². The van der Waals surface area contributed by atoms with E-state index in [1.165, 1.54) is 0 Å². The topological polar surface area (TPSA) is 57.7 Å². The molecular weight excluding hydrogens is 392 g/mol. The van der Waals surface area contributed by atoms with Gasteiger partial charge in [0.1, 0.15) is 0 Å². The zero-order valence-electron chi connectivity index (χ0n) is 10.8. The van der Waals surface area contributed by atoms with Crippen molar-refractivity contribution in [1.82, 2.24) is 4.90 Å². The van der Waals surface area contributed by atoms with Crippen molar-refractivity contribution in [3.63, 3.8) is 0 Å². The minimum absolute atomic E-state index is 0.104. The lowest BCUT2D eigenvalue weighted by molar-refractivity contribution is -0.140. The van der Waals surface area contributed by atoms with Crippen molar-refractivity contribution in [1.29, 1.82) is 0 Å². The zero-order valence-corrected chi connectivity index (χ0v) is 14.0. The maximum atomic E-state index is 12.3. The van der Waals surface area contributed by atoms with E-state index in [9.17, 15) is 14.4 Å². The number of hydrogen-bond acceptors (Lipinski definition) is 3. The van der Waals surface area contributed by atoms with Crippen LogP contribution in [-0.4, -0.2) is 33.6 Å². The van der Waals surface area contributed by atoms with Crippen molar-refractivity contribution < 1.29 is 14.4 Å². The maximum absolute atomic E-state index is 12.3. The highest BCUT2D eigenvalue weighted by Crippen LogP contribution is 2.26. The van der Waals surface area contributed by atoms with E-state index in [1.54, 1.807) is 31.2 Å². The van der Waals surface area contributed by atoms with Crippen LogP contribution in [0, 0.1) is 0 Å². The number of amides is 4. The van der Waals surface area contributed by atoms with E-state index < -0.39 is 23.9 Å². The van der Waals surface area contributed by atoms with Gasteiger partial charge in [0.15, 0.2) is 0 Å². The molecule has 0 aliphatic carbocycles. The van der Waals surface area contributed by atoms with Crippen LogP contribution in [0.25, 0.3) is 0 Å². The second kappa shape index (κ2) is 5.65. The van der Waals surface area contributed by atoms with Crippen LogP contribution >= 0.6 is 31.9 Å². The largest absolute Gasteiger partial charge is 0.339 e. The predicted octanol–water partition coefficient (Wildman–Crippen LogP) is 2.92.